The molecule has 6 nitrogen and oxygen atoms in total. The fourth-order valence-corrected chi connectivity index (χ4v) is 4.36. The maximum atomic E-state index is 13.0. The van der Waals surface area contributed by atoms with Crippen LogP contribution in [-0.2, 0) is 31.0 Å². The minimum absolute atomic E-state index is 0.0345. The molecule has 3 aromatic rings. The fourth-order valence-electron chi connectivity index (χ4n) is 4.36. The molecule has 9 heteroatoms. The first-order valence-electron chi connectivity index (χ1n) is 10.9. The molecule has 2 aliphatic rings. The van der Waals surface area contributed by atoms with Crippen molar-refractivity contribution in [1.82, 2.24) is 24.6 Å². The van der Waals surface area contributed by atoms with Gasteiger partial charge in [-0.25, -0.2) is 9.97 Å². The highest BCUT2D eigenvalue weighted by Crippen LogP contribution is 2.33. The normalized spacial score (nSPS) is 16.0. The Morgan fingerprint density at radius 1 is 1.06 bits per heavy atom. The van der Waals surface area contributed by atoms with E-state index in [0.717, 1.165) is 42.5 Å². The predicted octanol–water partition coefficient (Wildman–Crippen LogP) is 4.56. The summed E-state index contributed by atoms with van der Waals surface area (Å²) in [6.45, 7) is 0.896. The van der Waals surface area contributed by atoms with Crippen molar-refractivity contribution in [3.05, 3.63) is 65.0 Å². The molecule has 0 N–H and O–H groups in total. The summed E-state index contributed by atoms with van der Waals surface area (Å²) in [6, 6.07) is 6.66. The predicted molar refractivity (Wildman–Crippen MR) is 116 cm³/mol. The molecular weight excluding hydrogens is 431 g/mol. The number of benzene rings is 1. The van der Waals surface area contributed by atoms with Crippen LogP contribution < -0.4 is 0 Å². The highest BCUT2D eigenvalue weighted by atomic mass is 19.4. The van der Waals surface area contributed by atoms with Gasteiger partial charge in [0, 0.05) is 36.5 Å². The molecule has 1 aromatic carbocycles. The third-order valence-corrected chi connectivity index (χ3v) is 6.09. The molecule has 0 bridgehead atoms. The molecule has 33 heavy (non-hydrogen) atoms. The average Bonchev–Trinajstić information content (AvgIpc) is 3.49. The Kier molecular flexibility index (Phi) is 5.26. The van der Waals surface area contributed by atoms with Gasteiger partial charge in [-0.3, -0.25) is 9.48 Å². The molecule has 0 fully saturated rings. The summed E-state index contributed by atoms with van der Waals surface area (Å²) < 4.78 is 40.7. The lowest BCUT2D eigenvalue weighted by Crippen LogP contribution is -2.37. The molecule has 1 aliphatic heterocycles. The van der Waals surface area contributed by atoms with E-state index in [-0.39, 0.29) is 5.91 Å². The number of fused-ring (bicyclic) bond motifs is 1. The lowest BCUT2D eigenvalue weighted by Gasteiger charge is -2.29. The highest BCUT2D eigenvalue weighted by molar-refractivity contribution is 5.94. The number of aromatic nitrogens is 4. The number of aryl methyl sites for hydroxylation is 1. The molecule has 0 atom stereocenters. The zero-order valence-corrected chi connectivity index (χ0v) is 18.1. The second-order valence-electron chi connectivity index (χ2n) is 8.37. The first-order valence-corrected chi connectivity index (χ1v) is 10.9. The van der Waals surface area contributed by atoms with Gasteiger partial charge in [-0.1, -0.05) is 18.2 Å². The Balaban J connectivity index is 1.55. The minimum atomic E-state index is -4.41. The second kappa shape index (κ2) is 8.13. The number of halogens is 3. The SMILES string of the molecule is Cn1ccc(-c2nc(-c3ccc(C(F)(F)F)cc3)nc3c2CCN(C(=O)C2=CCCC2)C3)n1. The van der Waals surface area contributed by atoms with Crippen LogP contribution in [0.5, 0.6) is 0 Å². The molecule has 170 valence electrons. The lowest BCUT2D eigenvalue weighted by atomic mass is 9.99. The molecule has 1 aliphatic carbocycles. The number of carbonyl (C=O) groups is 1. The average molecular weight is 453 g/mol. The molecule has 3 heterocycles. The van der Waals surface area contributed by atoms with Gasteiger partial charge >= 0.3 is 6.18 Å². The van der Waals surface area contributed by atoms with Crippen molar-refractivity contribution in [2.75, 3.05) is 6.54 Å². The summed E-state index contributed by atoms with van der Waals surface area (Å²) in [5, 5.41) is 4.48. The summed E-state index contributed by atoms with van der Waals surface area (Å²) in [4.78, 5) is 24.1. The van der Waals surface area contributed by atoms with Gasteiger partial charge in [0.1, 0.15) is 5.69 Å². The minimum Gasteiger partial charge on any atom is -0.333 e. The van der Waals surface area contributed by atoms with E-state index in [9.17, 15) is 18.0 Å². The van der Waals surface area contributed by atoms with Crippen molar-refractivity contribution in [1.29, 1.82) is 0 Å². The molecule has 0 radical (unpaired) electrons. The van der Waals surface area contributed by atoms with Crippen molar-refractivity contribution in [3.8, 4) is 22.8 Å². The van der Waals surface area contributed by atoms with Crippen molar-refractivity contribution in [2.24, 2.45) is 7.05 Å². The zero-order chi connectivity index (χ0) is 23.2. The standard InChI is InChI=1S/C24H22F3N5O/c1-31-12-11-19(30-31)21-18-10-13-32(23(33)16-4-2-3-5-16)14-20(18)28-22(29-21)15-6-8-17(9-7-15)24(25,26)27/h4,6-9,11-12H,2-3,5,10,13-14H2,1H3. The van der Waals surface area contributed by atoms with Gasteiger partial charge in [0.15, 0.2) is 5.82 Å². The molecule has 2 aromatic heterocycles. The summed E-state index contributed by atoms with van der Waals surface area (Å²) >= 11 is 0. The van der Waals surface area contributed by atoms with Gasteiger partial charge in [-0.05, 0) is 43.9 Å². The Morgan fingerprint density at radius 2 is 1.85 bits per heavy atom. The number of nitrogens with zero attached hydrogens (tertiary/aromatic N) is 5. The number of alkyl halides is 3. The highest BCUT2D eigenvalue weighted by Gasteiger charge is 2.31. The molecule has 0 saturated carbocycles. The maximum absolute atomic E-state index is 13.0. The smallest absolute Gasteiger partial charge is 0.333 e. The largest absolute Gasteiger partial charge is 0.416 e. The Labute approximate surface area is 188 Å². The topological polar surface area (TPSA) is 63.9 Å². The van der Waals surface area contributed by atoms with Crippen molar-refractivity contribution in [2.45, 2.75) is 38.4 Å². The van der Waals surface area contributed by atoms with Crippen LogP contribution in [0.1, 0.15) is 36.1 Å². The second-order valence-corrected chi connectivity index (χ2v) is 8.37. The zero-order valence-electron chi connectivity index (χ0n) is 18.1. The summed E-state index contributed by atoms with van der Waals surface area (Å²) in [5.74, 6) is 0.352. The fraction of sp³-hybridized carbons (Fsp3) is 0.333. The quantitative estimate of drug-likeness (QED) is 0.583. The molecule has 0 saturated heterocycles. The summed E-state index contributed by atoms with van der Waals surface area (Å²) in [6.07, 6.45) is 2.71. The first kappa shape index (κ1) is 21.4. The van der Waals surface area contributed by atoms with Gasteiger partial charge in [0.2, 0.25) is 5.91 Å². The van der Waals surface area contributed by atoms with Gasteiger partial charge in [0.05, 0.1) is 23.5 Å². The van der Waals surface area contributed by atoms with Gasteiger partial charge in [0.25, 0.3) is 0 Å². The van der Waals surface area contributed by atoms with E-state index < -0.39 is 11.7 Å². The number of rotatable bonds is 3. The summed E-state index contributed by atoms with van der Waals surface area (Å²) in [5.41, 5.74) is 3.55. The van der Waals surface area contributed by atoms with Gasteiger partial charge < -0.3 is 4.90 Å². The Bertz CT molecular complexity index is 1240. The van der Waals surface area contributed by atoms with Crippen LogP contribution in [-0.4, -0.2) is 37.1 Å². The lowest BCUT2D eigenvalue weighted by molar-refractivity contribution is -0.137. The van der Waals surface area contributed by atoms with Crippen molar-refractivity contribution >= 4 is 5.91 Å². The van der Waals surface area contributed by atoms with E-state index in [2.05, 4.69) is 10.1 Å². The first-order chi connectivity index (χ1) is 15.8. The number of allylic oxidation sites excluding steroid dienone is 1. The van der Waals surface area contributed by atoms with Gasteiger partial charge in [-0.15, -0.1) is 0 Å². The van der Waals surface area contributed by atoms with E-state index in [1.54, 1.807) is 9.58 Å². The van der Waals surface area contributed by atoms with E-state index >= 15 is 0 Å². The summed E-state index contributed by atoms with van der Waals surface area (Å²) in [7, 11) is 1.81. The van der Waals surface area contributed by atoms with Gasteiger partial charge in [-0.2, -0.15) is 18.3 Å². The van der Waals surface area contributed by atoms with Crippen LogP contribution in [0.25, 0.3) is 22.8 Å². The maximum Gasteiger partial charge on any atom is 0.416 e. The number of hydrogen-bond donors (Lipinski definition) is 0. The molecule has 0 unspecified atom stereocenters. The van der Waals surface area contributed by atoms with E-state index in [0.29, 0.717) is 48.0 Å². The van der Waals surface area contributed by atoms with E-state index in [4.69, 9.17) is 4.98 Å². The van der Waals surface area contributed by atoms with E-state index in [1.807, 2.05) is 25.4 Å². The molecule has 1 amide bonds. The van der Waals surface area contributed by atoms with Crippen LogP contribution in [0.2, 0.25) is 0 Å². The van der Waals surface area contributed by atoms with Crippen LogP contribution in [0, 0.1) is 0 Å². The third kappa shape index (κ3) is 4.15. The molecule has 0 spiro atoms. The van der Waals surface area contributed by atoms with Crippen molar-refractivity contribution < 1.29 is 18.0 Å². The van der Waals surface area contributed by atoms with Crippen LogP contribution >= 0.6 is 0 Å². The number of amides is 1. The van der Waals surface area contributed by atoms with Crippen LogP contribution in [0.4, 0.5) is 13.2 Å². The van der Waals surface area contributed by atoms with Crippen LogP contribution in [0.15, 0.2) is 48.2 Å². The van der Waals surface area contributed by atoms with Crippen molar-refractivity contribution in [3.63, 3.8) is 0 Å². The molecular formula is C24H22F3N5O. The Morgan fingerprint density at radius 3 is 2.48 bits per heavy atom. The monoisotopic (exact) mass is 453 g/mol. The van der Waals surface area contributed by atoms with E-state index in [1.165, 1.54) is 12.1 Å². The Hall–Kier alpha value is -3.49. The number of carbonyl (C=O) groups excluding carboxylic acids is 1. The van der Waals surface area contributed by atoms with Crippen LogP contribution in [0.3, 0.4) is 0 Å². The third-order valence-electron chi connectivity index (χ3n) is 6.09. The molecule has 5 rings (SSSR count). The number of hydrogen-bond acceptors (Lipinski definition) is 4.